The molecule has 20 heavy (non-hydrogen) atoms. The number of hydrogen-bond donors (Lipinski definition) is 2. The maximum atomic E-state index is 11.9. The molecule has 2 N–H and O–H groups in total. The molecule has 1 aliphatic heterocycles. The SMILES string of the molecule is CCCNCCNC(=O)C1CCN(S(C)(=O)=O)CC1.Cl. The molecule has 120 valence electrons. The van der Waals surface area contributed by atoms with E-state index in [0.29, 0.717) is 32.5 Å². The fourth-order valence-corrected chi connectivity index (χ4v) is 3.04. The second-order valence-corrected chi connectivity index (χ2v) is 6.96. The first-order valence-electron chi connectivity index (χ1n) is 6.88. The second kappa shape index (κ2) is 9.55. The summed E-state index contributed by atoms with van der Waals surface area (Å²) in [5.41, 5.74) is 0. The van der Waals surface area contributed by atoms with Crippen LogP contribution in [0.1, 0.15) is 26.2 Å². The normalized spacial score (nSPS) is 17.5. The highest BCUT2D eigenvalue weighted by Gasteiger charge is 2.28. The Morgan fingerprint density at radius 3 is 2.30 bits per heavy atom. The molecule has 0 aromatic rings. The smallest absolute Gasteiger partial charge is 0.223 e. The Labute approximate surface area is 128 Å². The molecule has 1 rings (SSSR count). The first-order valence-corrected chi connectivity index (χ1v) is 8.73. The minimum atomic E-state index is -3.11. The number of rotatable bonds is 7. The number of amides is 1. The highest BCUT2D eigenvalue weighted by molar-refractivity contribution is 7.88. The molecule has 0 aromatic heterocycles. The van der Waals surface area contributed by atoms with Crippen LogP contribution in [0.15, 0.2) is 0 Å². The molecule has 0 atom stereocenters. The van der Waals surface area contributed by atoms with Crippen molar-refractivity contribution < 1.29 is 13.2 Å². The van der Waals surface area contributed by atoms with Crippen LogP contribution in [-0.4, -0.2) is 57.6 Å². The van der Waals surface area contributed by atoms with Gasteiger partial charge in [-0.05, 0) is 25.8 Å². The Bertz CT molecular complexity index is 381. The van der Waals surface area contributed by atoms with Gasteiger partial charge >= 0.3 is 0 Å². The second-order valence-electron chi connectivity index (χ2n) is 4.98. The van der Waals surface area contributed by atoms with E-state index in [-0.39, 0.29) is 24.2 Å². The summed E-state index contributed by atoms with van der Waals surface area (Å²) in [6.07, 6.45) is 3.52. The van der Waals surface area contributed by atoms with Crippen LogP contribution >= 0.6 is 12.4 Å². The van der Waals surface area contributed by atoms with Gasteiger partial charge in [0.15, 0.2) is 0 Å². The standard InChI is InChI=1S/C12H25N3O3S.ClH/c1-3-6-13-7-8-14-12(16)11-4-9-15(10-5-11)19(2,17)18;/h11,13H,3-10H2,1-2H3,(H,14,16);1H. The van der Waals surface area contributed by atoms with Crippen LogP contribution in [0.25, 0.3) is 0 Å². The van der Waals surface area contributed by atoms with Gasteiger partial charge in [-0.15, -0.1) is 12.4 Å². The number of carbonyl (C=O) groups excluding carboxylic acids is 1. The van der Waals surface area contributed by atoms with Crippen molar-refractivity contribution in [1.29, 1.82) is 0 Å². The number of hydrogen-bond acceptors (Lipinski definition) is 4. The Balaban J connectivity index is 0.00000361. The first-order chi connectivity index (χ1) is 8.95. The summed E-state index contributed by atoms with van der Waals surface area (Å²) in [5.74, 6) is -0.00405. The predicted molar refractivity (Wildman–Crippen MR) is 82.6 cm³/mol. The maximum Gasteiger partial charge on any atom is 0.223 e. The molecule has 1 fully saturated rings. The number of nitrogens with zero attached hydrogens (tertiary/aromatic N) is 1. The minimum absolute atomic E-state index is 0. The Hall–Kier alpha value is -0.370. The van der Waals surface area contributed by atoms with Gasteiger partial charge in [0.2, 0.25) is 15.9 Å². The van der Waals surface area contributed by atoms with Gasteiger partial charge in [0.1, 0.15) is 0 Å². The Morgan fingerprint density at radius 2 is 1.80 bits per heavy atom. The van der Waals surface area contributed by atoms with Crippen molar-refractivity contribution in [3.63, 3.8) is 0 Å². The third kappa shape index (κ3) is 6.88. The zero-order chi connectivity index (χ0) is 14.3. The molecule has 0 spiro atoms. The molecule has 0 aromatic carbocycles. The molecule has 0 saturated carbocycles. The van der Waals surface area contributed by atoms with E-state index in [1.807, 2.05) is 0 Å². The van der Waals surface area contributed by atoms with Crippen molar-refractivity contribution >= 4 is 28.3 Å². The zero-order valence-electron chi connectivity index (χ0n) is 12.2. The monoisotopic (exact) mass is 327 g/mol. The van der Waals surface area contributed by atoms with E-state index in [1.54, 1.807) is 0 Å². The number of piperidine rings is 1. The molecule has 1 aliphatic rings. The van der Waals surface area contributed by atoms with Crippen LogP contribution in [0, 0.1) is 5.92 Å². The molecule has 8 heteroatoms. The quantitative estimate of drug-likeness (QED) is 0.655. The summed E-state index contributed by atoms with van der Waals surface area (Å²) in [7, 11) is -3.11. The molecule has 0 bridgehead atoms. The van der Waals surface area contributed by atoms with E-state index in [2.05, 4.69) is 17.6 Å². The molecular formula is C12H26ClN3O3S. The summed E-state index contributed by atoms with van der Waals surface area (Å²) < 4.78 is 24.1. The van der Waals surface area contributed by atoms with Gasteiger partial charge in [0.05, 0.1) is 6.26 Å². The van der Waals surface area contributed by atoms with Crippen molar-refractivity contribution in [2.24, 2.45) is 5.92 Å². The van der Waals surface area contributed by atoms with Crippen molar-refractivity contribution in [3.8, 4) is 0 Å². The number of halogens is 1. The lowest BCUT2D eigenvalue weighted by molar-refractivity contribution is -0.126. The van der Waals surface area contributed by atoms with Crippen LogP contribution in [-0.2, 0) is 14.8 Å². The average molecular weight is 328 g/mol. The van der Waals surface area contributed by atoms with Crippen LogP contribution < -0.4 is 10.6 Å². The Morgan fingerprint density at radius 1 is 1.20 bits per heavy atom. The third-order valence-electron chi connectivity index (χ3n) is 3.32. The lowest BCUT2D eigenvalue weighted by Gasteiger charge is -2.29. The van der Waals surface area contributed by atoms with E-state index >= 15 is 0 Å². The highest BCUT2D eigenvalue weighted by Crippen LogP contribution is 2.18. The van der Waals surface area contributed by atoms with Gasteiger partial charge in [0.25, 0.3) is 0 Å². The number of sulfonamides is 1. The van der Waals surface area contributed by atoms with Crippen molar-refractivity contribution in [2.45, 2.75) is 26.2 Å². The van der Waals surface area contributed by atoms with E-state index in [0.717, 1.165) is 19.5 Å². The molecule has 0 radical (unpaired) electrons. The number of carbonyl (C=O) groups is 1. The first kappa shape index (κ1) is 19.6. The molecule has 6 nitrogen and oxygen atoms in total. The minimum Gasteiger partial charge on any atom is -0.355 e. The molecular weight excluding hydrogens is 302 g/mol. The lowest BCUT2D eigenvalue weighted by atomic mass is 9.97. The van der Waals surface area contributed by atoms with Crippen LogP contribution in [0.4, 0.5) is 0 Å². The van der Waals surface area contributed by atoms with Gasteiger partial charge in [-0.1, -0.05) is 6.92 Å². The zero-order valence-corrected chi connectivity index (χ0v) is 13.9. The van der Waals surface area contributed by atoms with Gasteiger partial charge < -0.3 is 10.6 Å². The fraction of sp³-hybridized carbons (Fsp3) is 0.917. The van der Waals surface area contributed by atoms with Gasteiger partial charge in [-0.3, -0.25) is 4.79 Å². The van der Waals surface area contributed by atoms with E-state index in [1.165, 1.54) is 10.6 Å². The molecule has 0 unspecified atom stereocenters. The molecule has 1 amide bonds. The summed E-state index contributed by atoms with van der Waals surface area (Å²) in [5, 5.41) is 6.11. The van der Waals surface area contributed by atoms with Gasteiger partial charge in [0, 0.05) is 32.1 Å². The van der Waals surface area contributed by atoms with Crippen LogP contribution in [0.5, 0.6) is 0 Å². The van der Waals surface area contributed by atoms with Crippen LogP contribution in [0.2, 0.25) is 0 Å². The summed E-state index contributed by atoms with van der Waals surface area (Å²) >= 11 is 0. The third-order valence-corrected chi connectivity index (χ3v) is 4.62. The maximum absolute atomic E-state index is 11.9. The largest absolute Gasteiger partial charge is 0.355 e. The van der Waals surface area contributed by atoms with Gasteiger partial charge in [-0.2, -0.15) is 0 Å². The van der Waals surface area contributed by atoms with E-state index in [4.69, 9.17) is 0 Å². The van der Waals surface area contributed by atoms with Crippen molar-refractivity contribution in [1.82, 2.24) is 14.9 Å². The molecule has 0 aliphatic carbocycles. The summed E-state index contributed by atoms with van der Waals surface area (Å²) in [6.45, 7) is 5.37. The number of nitrogens with one attached hydrogen (secondary N) is 2. The fourth-order valence-electron chi connectivity index (χ4n) is 2.17. The van der Waals surface area contributed by atoms with Crippen molar-refractivity contribution in [2.75, 3.05) is 39.0 Å². The summed E-state index contributed by atoms with van der Waals surface area (Å²) in [4.78, 5) is 11.9. The molecule has 1 heterocycles. The van der Waals surface area contributed by atoms with E-state index < -0.39 is 10.0 Å². The van der Waals surface area contributed by atoms with Gasteiger partial charge in [-0.25, -0.2) is 12.7 Å². The average Bonchev–Trinajstić information content (AvgIpc) is 2.37. The highest BCUT2D eigenvalue weighted by atomic mass is 35.5. The van der Waals surface area contributed by atoms with E-state index in [9.17, 15) is 13.2 Å². The van der Waals surface area contributed by atoms with Crippen molar-refractivity contribution in [3.05, 3.63) is 0 Å². The topological polar surface area (TPSA) is 78.5 Å². The lowest BCUT2D eigenvalue weighted by Crippen LogP contribution is -2.43. The predicted octanol–water partition coefficient (Wildman–Crippen LogP) is 0.196. The van der Waals surface area contributed by atoms with Crippen LogP contribution in [0.3, 0.4) is 0 Å². The summed E-state index contributed by atoms with van der Waals surface area (Å²) in [6, 6.07) is 0. The molecule has 1 saturated heterocycles. The Kier molecular flexibility index (Phi) is 9.37.